The van der Waals surface area contributed by atoms with E-state index in [0.29, 0.717) is 0 Å². The van der Waals surface area contributed by atoms with E-state index < -0.39 is 0 Å². The lowest BCUT2D eigenvalue weighted by Gasteiger charge is -2.36. The summed E-state index contributed by atoms with van der Waals surface area (Å²) in [6, 6.07) is 39.0. The van der Waals surface area contributed by atoms with E-state index in [1.54, 1.807) is 7.11 Å². The third kappa shape index (κ3) is 3.03. The van der Waals surface area contributed by atoms with Crippen LogP contribution in [0.15, 0.2) is 109 Å². The van der Waals surface area contributed by atoms with Crippen LogP contribution in [0.3, 0.4) is 0 Å². The molecule has 6 rings (SSSR count). The van der Waals surface area contributed by atoms with E-state index >= 15 is 0 Å². The molecule has 0 amide bonds. The van der Waals surface area contributed by atoms with Crippen LogP contribution < -0.4 is 9.64 Å². The summed E-state index contributed by atoms with van der Waals surface area (Å²) in [5.41, 5.74) is 8.58. The Morgan fingerprint density at radius 3 is 1.94 bits per heavy atom. The predicted molar refractivity (Wildman–Crippen MR) is 143 cm³/mol. The van der Waals surface area contributed by atoms with Crippen molar-refractivity contribution in [2.24, 2.45) is 0 Å². The van der Waals surface area contributed by atoms with Gasteiger partial charge in [0.05, 0.1) is 12.8 Å². The van der Waals surface area contributed by atoms with E-state index in [2.05, 4.69) is 128 Å². The number of hydrogen-bond acceptors (Lipinski definition) is 2. The molecule has 0 fully saturated rings. The number of methoxy groups -OCH3 is 1. The zero-order valence-electron chi connectivity index (χ0n) is 19.7. The molecule has 5 aromatic rings. The number of benzene rings is 5. The quantitative estimate of drug-likeness (QED) is 0.277. The molecule has 0 saturated heterocycles. The number of rotatable bonds is 4. The summed E-state index contributed by atoms with van der Waals surface area (Å²) in [6.07, 6.45) is 0. The summed E-state index contributed by atoms with van der Waals surface area (Å²) in [7, 11) is 1.74. The van der Waals surface area contributed by atoms with Crippen molar-refractivity contribution in [3.05, 3.63) is 120 Å². The fourth-order valence-corrected chi connectivity index (χ4v) is 5.48. The summed E-state index contributed by atoms with van der Waals surface area (Å²) in [4.78, 5) is 2.36. The van der Waals surface area contributed by atoms with Crippen molar-refractivity contribution in [3.8, 4) is 16.9 Å². The van der Waals surface area contributed by atoms with Crippen molar-refractivity contribution in [1.29, 1.82) is 0 Å². The Labute approximate surface area is 201 Å². The number of para-hydroxylation sites is 2. The molecule has 0 saturated carbocycles. The molecule has 2 heteroatoms. The second-order valence-corrected chi connectivity index (χ2v) is 9.40. The van der Waals surface area contributed by atoms with Gasteiger partial charge in [0.15, 0.2) is 0 Å². The molecular weight excluding hydrogens is 414 g/mol. The average Bonchev–Trinajstić information content (AvgIpc) is 2.89. The van der Waals surface area contributed by atoms with Crippen molar-refractivity contribution in [3.63, 3.8) is 0 Å². The van der Waals surface area contributed by atoms with Gasteiger partial charge in [-0.1, -0.05) is 80.6 Å². The van der Waals surface area contributed by atoms with Gasteiger partial charge >= 0.3 is 0 Å². The molecule has 0 unspecified atom stereocenters. The molecular formula is C32H27NO. The Hall–Kier alpha value is -4.04. The van der Waals surface area contributed by atoms with Crippen molar-refractivity contribution < 1.29 is 4.74 Å². The van der Waals surface area contributed by atoms with E-state index in [9.17, 15) is 0 Å². The second kappa shape index (κ2) is 7.78. The summed E-state index contributed by atoms with van der Waals surface area (Å²) in [5, 5.41) is 2.58. The molecule has 2 nitrogen and oxygen atoms in total. The molecule has 0 N–H and O–H groups in total. The van der Waals surface area contributed by atoms with Gasteiger partial charge in [0, 0.05) is 22.2 Å². The molecule has 0 aliphatic heterocycles. The summed E-state index contributed by atoms with van der Waals surface area (Å²) in [5.74, 6) is 0.890. The summed E-state index contributed by atoms with van der Waals surface area (Å²) < 4.78 is 5.60. The molecule has 0 bridgehead atoms. The largest absolute Gasteiger partial charge is 0.497 e. The SMILES string of the molecule is COc1ccc2c(c1)-c1ccc(N(c3ccccc3)c3ccccc3)c3cccc(c13)C2(C)C. The van der Waals surface area contributed by atoms with Gasteiger partial charge in [0.2, 0.25) is 0 Å². The minimum absolute atomic E-state index is 0.114. The molecule has 166 valence electrons. The van der Waals surface area contributed by atoms with Crippen molar-refractivity contribution in [2.75, 3.05) is 12.0 Å². The maximum Gasteiger partial charge on any atom is 0.119 e. The number of nitrogens with zero attached hydrogens (tertiary/aromatic N) is 1. The maximum absolute atomic E-state index is 5.60. The molecule has 0 spiro atoms. The fraction of sp³-hybridized carbons (Fsp3) is 0.125. The minimum Gasteiger partial charge on any atom is -0.497 e. The Morgan fingerprint density at radius 2 is 1.29 bits per heavy atom. The lowest BCUT2D eigenvalue weighted by Crippen LogP contribution is -2.24. The standard InChI is InChI=1S/C32H27NO/c1-32(2)28-19-17-24(34-3)21-27(28)25-18-20-30(26-15-10-16-29(32)31(25)26)33(22-11-6-4-7-12-22)23-13-8-5-9-14-23/h4-21H,1-3H3. The number of fused-ring (bicyclic) bond motifs is 2. The smallest absolute Gasteiger partial charge is 0.119 e. The second-order valence-electron chi connectivity index (χ2n) is 9.40. The van der Waals surface area contributed by atoms with E-state index in [-0.39, 0.29) is 5.41 Å². The predicted octanol–water partition coefficient (Wildman–Crippen LogP) is 8.62. The van der Waals surface area contributed by atoms with Gasteiger partial charge in [-0.3, -0.25) is 0 Å². The van der Waals surface area contributed by atoms with Gasteiger partial charge < -0.3 is 9.64 Å². The third-order valence-corrected chi connectivity index (χ3v) is 7.15. The minimum atomic E-state index is -0.114. The van der Waals surface area contributed by atoms with Crippen LogP contribution in [-0.2, 0) is 5.41 Å². The van der Waals surface area contributed by atoms with Crippen LogP contribution in [0.2, 0.25) is 0 Å². The molecule has 0 aromatic heterocycles. The van der Waals surface area contributed by atoms with Crippen LogP contribution in [0.5, 0.6) is 5.75 Å². The Bertz CT molecular complexity index is 1460. The highest BCUT2D eigenvalue weighted by molar-refractivity contribution is 6.10. The first kappa shape index (κ1) is 20.6. The first-order valence-corrected chi connectivity index (χ1v) is 11.7. The van der Waals surface area contributed by atoms with E-state index in [4.69, 9.17) is 4.74 Å². The molecule has 0 radical (unpaired) electrons. The Morgan fingerprint density at radius 1 is 0.618 bits per heavy atom. The molecule has 0 atom stereocenters. The normalized spacial score (nSPS) is 13.4. The van der Waals surface area contributed by atoms with Crippen LogP contribution >= 0.6 is 0 Å². The Balaban J connectivity index is 1.68. The first-order valence-electron chi connectivity index (χ1n) is 11.7. The molecule has 1 aliphatic carbocycles. The summed E-state index contributed by atoms with van der Waals surface area (Å²) in [6.45, 7) is 4.66. The molecule has 1 aliphatic rings. The van der Waals surface area contributed by atoms with Crippen LogP contribution in [0.25, 0.3) is 21.9 Å². The zero-order chi connectivity index (χ0) is 23.3. The average molecular weight is 442 g/mol. The number of ether oxygens (including phenoxy) is 1. The number of anilines is 3. The third-order valence-electron chi connectivity index (χ3n) is 7.15. The van der Waals surface area contributed by atoms with Crippen LogP contribution in [0.1, 0.15) is 25.0 Å². The van der Waals surface area contributed by atoms with Crippen molar-refractivity contribution in [2.45, 2.75) is 19.3 Å². The molecule has 5 aromatic carbocycles. The fourth-order valence-electron chi connectivity index (χ4n) is 5.48. The monoisotopic (exact) mass is 441 g/mol. The van der Waals surface area contributed by atoms with E-state index in [1.165, 1.54) is 38.7 Å². The zero-order valence-corrected chi connectivity index (χ0v) is 19.7. The van der Waals surface area contributed by atoms with Gasteiger partial charge in [-0.2, -0.15) is 0 Å². The van der Waals surface area contributed by atoms with Gasteiger partial charge in [-0.15, -0.1) is 0 Å². The highest BCUT2D eigenvalue weighted by Gasteiger charge is 2.34. The van der Waals surface area contributed by atoms with Crippen LogP contribution in [-0.4, -0.2) is 7.11 Å². The van der Waals surface area contributed by atoms with Gasteiger partial charge in [0.1, 0.15) is 5.75 Å². The Kier molecular flexibility index (Phi) is 4.70. The van der Waals surface area contributed by atoms with Crippen LogP contribution in [0.4, 0.5) is 17.1 Å². The van der Waals surface area contributed by atoms with E-state index in [0.717, 1.165) is 17.1 Å². The maximum atomic E-state index is 5.60. The topological polar surface area (TPSA) is 12.5 Å². The van der Waals surface area contributed by atoms with Gasteiger partial charge in [0.25, 0.3) is 0 Å². The molecule has 0 heterocycles. The molecule has 34 heavy (non-hydrogen) atoms. The first-order chi connectivity index (χ1) is 16.6. The summed E-state index contributed by atoms with van der Waals surface area (Å²) >= 11 is 0. The van der Waals surface area contributed by atoms with Crippen LogP contribution in [0, 0.1) is 0 Å². The van der Waals surface area contributed by atoms with Gasteiger partial charge in [-0.25, -0.2) is 0 Å². The highest BCUT2D eigenvalue weighted by atomic mass is 16.5. The highest BCUT2D eigenvalue weighted by Crippen LogP contribution is 2.52. The van der Waals surface area contributed by atoms with Crippen molar-refractivity contribution in [1.82, 2.24) is 0 Å². The van der Waals surface area contributed by atoms with E-state index in [1.807, 2.05) is 0 Å². The lowest BCUT2D eigenvalue weighted by molar-refractivity contribution is 0.414. The lowest BCUT2D eigenvalue weighted by atomic mass is 9.68. The van der Waals surface area contributed by atoms with Gasteiger partial charge in [-0.05, 0) is 70.1 Å². The number of hydrogen-bond donors (Lipinski definition) is 0. The van der Waals surface area contributed by atoms with Crippen molar-refractivity contribution >= 4 is 27.8 Å².